The maximum atomic E-state index is 12.3. The van der Waals surface area contributed by atoms with E-state index in [0.29, 0.717) is 23.7 Å². The topological polar surface area (TPSA) is 105 Å². The molecule has 9 heteroatoms. The maximum absolute atomic E-state index is 12.3. The molecule has 0 bridgehead atoms. The highest BCUT2D eigenvalue weighted by Crippen LogP contribution is 2.17. The van der Waals surface area contributed by atoms with Crippen LogP contribution in [-0.2, 0) is 19.4 Å². The van der Waals surface area contributed by atoms with E-state index < -0.39 is 9.84 Å². The van der Waals surface area contributed by atoms with Gasteiger partial charge in [-0.1, -0.05) is 19.1 Å². The van der Waals surface area contributed by atoms with E-state index >= 15 is 0 Å². The average molecular weight is 420 g/mol. The molecule has 2 aromatic carbocycles. The molecule has 0 atom stereocenters. The van der Waals surface area contributed by atoms with Gasteiger partial charge in [0.15, 0.2) is 9.84 Å². The minimum atomic E-state index is -3.36. The third-order valence-corrected chi connectivity index (χ3v) is 5.19. The largest absolute Gasteiger partial charge is 0.497 e. The molecule has 0 saturated heterocycles. The molecule has 0 aliphatic heterocycles. The summed E-state index contributed by atoms with van der Waals surface area (Å²) in [6.07, 6.45) is 1.10. The van der Waals surface area contributed by atoms with Gasteiger partial charge in [-0.3, -0.25) is 14.5 Å². The van der Waals surface area contributed by atoms with Crippen LogP contribution in [0.5, 0.6) is 5.75 Å². The average Bonchev–Trinajstić information content (AvgIpc) is 2.67. The molecule has 2 rings (SSSR count). The van der Waals surface area contributed by atoms with Crippen LogP contribution in [0.15, 0.2) is 53.4 Å². The van der Waals surface area contributed by atoms with Gasteiger partial charge in [-0.05, 0) is 36.9 Å². The Labute approximate surface area is 170 Å². The lowest BCUT2D eigenvalue weighted by Gasteiger charge is -2.19. The molecule has 0 saturated carbocycles. The SMILES string of the molecule is CCN(CC(=O)Nc1cccc(OC)c1)CC(=O)Nc1cccc(S(C)(=O)=O)c1. The number of ether oxygens (including phenoxy) is 1. The van der Waals surface area contributed by atoms with Crippen molar-refractivity contribution in [3.63, 3.8) is 0 Å². The van der Waals surface area contributed by atoms with Crippen LogP contribution in [0.3, 0.4) is 0 Å². The van der Waals surface area contributed by atoms with Gasteiger partial charge in [0, 0.05) is 23.7 Å². The minimum absolute atomic E-state index is 0.00880. The molecule has 0 radical (unpaired) electrons. The van der Waals surface area contributed by atoms with Crippen molar-refractivity contribution in [2.24, 2.45) is 0 Å². The molecule has 156 valence electrons. The second-order valence-electron chi connectivity index (χ2n) is 6.43. The Balaban J connectivity index is 1.93. The number of sulfone groups is 1. The van der Waals surface area contributed by atoms with Crippen molar-refractivity contribution in [1.29, 1.82) is 0 Å². The third-order valence-electron chi connectivity index (χ3n) is 4.08. The summed E-state index contributed by atoms with van der Waals surface area (Å²) in [5.74, 6) is 0.0320. The first kappa shape index (κ1) is 22.4. The van der Waals surface area contributed by atoms with Crippen LogP contribution in [0, 0.1) is 0 Å². The normalized spacial score (nSPS) is 11.2. The highest BCUT2D eigenvalue weighted by molar-refractivity contribution is 7.90. The second-order valence-corrected chi connectivity index (χ2v) is 8.45. The van der Waals surface area contributed by atoms with Crippen molar-refractivity contribution in [2.75, 3.05) is 43.6 Å². The van der Waals surface area contributed by atoms with Crippen LogP contribution in [0.2, 0.25) is 0 Å². The van der Waals surface area contributed by atoms with Crippen molar-refractivity contribution in [2.45, 2.75) is 11.8 Å². The number of rotatable bonds is 9. The molecule has 0 aliphatic rings. The van der Waals surface area contributed by atoms with Crippen LogP contribution in [0.1, 0.15) is 6.92 Å². The van der Waals surface area contributed by atoms with Crippen molar-refractivity contribution in [3.05, 3.63) is 48.5 Å². The third kappa shape index (κ3) is 7.20. The quantitative estimate of drug-likeness (QED) is 0.644. The Morgan fingerprint density at radius 3 is 2.03 bits per heavy atom. The predicted molar refractivity (Wildman–Crippen MR) is 112 cm³/mol. The number of nitrogens with one attached hydrogen (secondary N) is 2. The Morgan fingerprint density at radius 2 is 1.52 bits per heavy atom. The van der Waals surface area contributed by atoms with Gasteiger partial charge in [0.05, 0.1) is 25.1 Å². The summed E-state index contributed by atoms with van der Waals surface area (Å²) in [5.41, 5.74) is 0.988. The van der Waals surface area contributed by atoms with Crippen LogP contribution in [0.25, 0.3) is 0 Å². The summed E-state index contributed by atoms with van der Waals surface area (Å²) in [6.45, 7) is 2.36. The number of nitrogens with zero attached hydrogens (tertiary/aromatic N) is 1. The summed E-state index contributed by atoms with van der Waals surface area (Å²) in [7, 11) is -1.82. The molecule has 0 aromatic heterocycles. The number of likely N-dealkylation sites (N-methyl/N-ethyl adjacent to an activating group) is 1. The Kier molecular flexibility index (Phi) is 7.74. The maximum Gasteiger partial charge on any atom is 0.238 e. The number of carbonyl (C=O) groups excluding carboxylic acids is 2. The van der Waals surface area contributed by atoms with E-state index in [1.165, 1.54) is 12.1 Å². The van der Waals surface area contributed by atoms with Crippen molar-refractivity contribution >= 4 is 33.0 Å². The van der Waals surface area contributed by atoms with E-state index in [0.717, 1.165) is 6.26 Å². The number of anilines is 2. The van der Waals surface area contributed by atoms with Crippen LogP contribution >= 0.6 is 0 Å². The molecule has 8 nitrogen and oxygen atoms in total. The van der Waals surface area contributed by atoms with E-state index in [4.69, 9.17) is 4.74 Å². The fourth-order valence-corrected chi connectivity index (χ4v) is 3.26. The number of carbonyl (C=O) groups is 2. The number of amides is 2. The number of hydrogen-bond acceptors (Lipinski definition) is 6. The number of benzene rings is 2. The molecular weight excluding hydrogens is 394 g/mol. The van der Waals surface area contributed by atoms with E-state index in [1.807, 2.05) is 6.92 Å². The molecule has 2 amide bonds. The van der Waals surface area contributed by atoms with Crippen LogP contribution < -0.4 is 15.4 Å². The van der Waals surface area contributed by atoms with Crippen LogP contribution in [0.4, 0.5) is 11.4 Å². The van der Waals surface area contributed by atoms with Crippen molar-refractivity contribution in [3.8, 4) is 5.75 Å². The second kappa shape index (κ2) is 10.0. The van der Waals surface area contributed by atoms with E-state index in [2.05, 4.69) is 10.6 Å². The molecule has 0 unspecified atom stereocenters. The molecular formula is C20H25N3O5S. The predicted octanol–water partition coefficient (Wildman–Crippen LogP) is 2.00. The first-order chi connectivity index (χ1) is 13.7. The Morgan fingerprint density at radius 1 is 0.966 bits per heavy atom. The number of hydrogen-bond donors (Lipinski definition) is 2. The molecule has 29 heavy (non-hydrogen) atoms. The summed E-state index contributed by atoms with van der Waals surface area (Å²) < 4.78 is 28.4. The smallest absolute Gasteiger partial charge is 0.238 e. The van der Waals surface area contributed by atoms with Gasteiger partial charge in [-0.15, -0.1) is 0 Å². The zero-order valence-electron chi connectivity index (χ0n) is 16.6. The fourth-order valence-electron chi connectivity index (χ4n) is 2.59. The minimum Gasteiger partial charge on any atom is -0.497 e. The standard InChI is InChI=1S/C20H25N3O5S/c1-4-23(13-19(24)21-15-7-5-9-17(11-15)28-2)14-20(25)22-16-8-6-10-18(12-16)29(3,26)27/h5-12H,4,13-14H2,1-3H3,(H,21,24)(H,22,25). The van der Waals surface area contributed by atoms with E-state index in [9.17, 15) is 18.0 Å². The van der Waals surface area contributed by atoms with Gasteiger partial charge in [0.25, 0.3) is 0 Å². The van der Waals surface area contributed by atoms with Crippen molar-refractivity contribution < 1.29 is 22.7 Å². The highest BCUT2D eigenvalue weighted by atomic mass is 32.2. The number of methoxy groups -OCH3 is 1. The summed E-state index contributed by atoms with van der Waals surface area (Å²) in [6, 6.07) is 13.0. The zero-order chi connectivity index (χ0) is 21.4. The Bertz CT molecular complexity index is 976. The van der Waals surface area contributed by atoms with E-state index in [-0.39, 0.29) is 29.8 Å². The van der Waals surface area contributed by atoms with Crippen molar-refractivity contribution in [1.82, 2.24) is 4.90 Å². The molecule has 0 aliphatic carbocycles. The first-order valence-corrected chi connectivity index (χ1v) is 10.9. The van der Waals surface area contributed by atoms with Gasteiger partial charge in [0.2, 0.25) is 11.8 Å². The van der Waals surface area contributed by atoms with Crippen LogP contribution in [-0.4, -0.2) is 58.1 Å². The highest BCUT2D eigenvalue weighted by Gasteiger charge is 2.15. The molecule has 0 heterocycles. The summed E-state index contributed by atoms with van der Waals surface area (Å²) >= 11 is 0. The van der Waals surface area contributed by atoms with Gasteiger partial charge in [-0.2, -0.15) is 0 Å². The zero-order valence-corrected chi connectivity index (χ0v) is 17.5. The summed E-state index contributed by atoms with van der Waals surface area (Å²) in [4.78, 5) is 26.4. The van der Waals surface area contributed by atoms with E-state index in [1.54, 1.807) is 48.4 Å². The first-order valence-electron chi connectivity index (χ1n) is 8.97. The molecule has 0 fully saturated rings. The Hall–Kier alpha value is -2.91. The lowest BCUT2D eigenvalue weighted by atomic mass is 10.3. The molecule has 2 aromatic rings. The lowest BCUT2D eigenvalue weighted by molar-refractivity contribution is -0.119. The lowest BCUT2D eigenvalue weighted by Crippen LogP contribution is -2.38. The summed E-state index contributed by atoms with van der Waals surface area (Å²) in [5, 5.41) is 5.43. The van der Waals surface area contributed by atoms with Gasteiger partial charge < -0.3 is 15.4 Å². The molecule has 2 N–H and O–H groups in total. The van der Waals surface area contributed by atoms with Gasteiger partial charge in [0.1, 0.15) is 5.75 Å². The van der Waals surface area contributed by atoms with Gasteiger partial charge in [-0.25, -0.2) is 8.42 Å². The monoisotopic (exact) mass is 419 g/mol. The molecule has 0 spiro atoms. The fraction of sp³-hybridized carbons (Fsp3) is 0.300. The van der Waals surface area contributed by atoms with Gasteiger partial charge >= 0.3 is 0 Å².